The average Bonchev–Trinajstić information content (AvgIpc) is 3.44. The summed E-state index contributed by atoms with van der Waals surface area (Å²) >= 11 is 0. The van der Waals surface area contributed by atoms with Gasteiger partial charge in [0.25, 0.3) is 0 Å². The van der Waals surface area contributed by atoms with Gasteiger partial charge in [0.05, 0.1) is 11.1 Å². The van der Waals surface area contributed by atoms with Crippen LogP contribution >= 0.6 is 0 Å². The Morgan fingerprint density at radius 1 is 0.430 bits per heavy atom. The monoisotopic (exact) mass is 1100 g/mol. The van der Waals surface area contributed by atoms with E-state index in [1.807, 2.05) is 24.3 Å². The summed E-state index contributed by atoms with van der Waals surface area (Å²) in [4.78, 5) is 0. The van der Waals surface area contributed by atoms with E-state index in [-0.39, 0.29) is 46.9 Å². The molecule has 6 aromatic rings. The zero-order chi connectivity index (χ0) is 56.5. The molecule has 0 N–H and O–H groups in total. The van der Waals surface area contributed by atoms with Crippen molar-refractivity contribution in [2.24, 2.45) is 11.8 Å². The van der Waals surface area contributed by atoms with Crippen LogP contribution in [0.25, 0.3) is 0 Å². The van der Waals surface area contributed by atoms with E-state index in [1.54, 1.807) is 24.3 Å². The van der Waals surface area contributed by atoms with Gasteiger partial charge in [-0.15, -0.1) is 0 Å². The summed E-state index contributed by atoms with van der Waals surface area (Å²) in [5, 5.41) is 0. The fraction of sp³-hybridized carbons (Fsp3) is 0.455. The number of hydrogen-bond donors (Lipinski definition) is 0. The van der Waals surface area contributed by atoms with Gasteiger partial charge in [0.2, 0.25) is 0 Å². The van der Waals surface area contributed by atoms with Crippen LogP contribution in [0.15, 0.2) is 133 Å². The van der Waals surface area contributed by atoms with Gasteiger partial charge in [-0.25, -0.2) is 0 Å². The van der Waals surface area contributed by atoms with E-state index in [1.165, 1.54) is 61.4 Å². The number of alkyl halides is 10. The van der Waals surface area contributed by atoms with E-state index in [9.17, 15) is 26.3 Å². The van der Waals surface area contributed by atoms with Crippen molar-refractivity contribution < 1.29 is 58.1 Å². The third-order valence-corrected chi connectivity index (χ3v) is 16.7. The number of rotatable bonds is 22. The van der Waals surface area contributed by atoms with Crippen LogP contribution in [-0.2, 0) is 47.0 Å². The first-order valence-electron chi connectivity index (χ1n) is 28.0. The van der Waals surface area contributed by atoms with Gasteiger partial charge >= 0.3 is 24.2 Å². The topological polar surface area (TPSA) is 27.7 Å². The Hall–Kier alpha value is -5.66. The largest absolute Gasteiger partial charge is 0.456 e. The highest BCUT2D eigenvalue weighted by Crippen LogP contribution is 2.51. The molecule has 2 aliphatic carbocycles. The molecule has 13 heteroatoms. The minimum atomic E-state index is -4.90. The van der Waals surface area contributed by atoms with Crippen molar-refractivity contribution in [2.45, 2.75) is 165 Å². The van der Waals surface area contributed by atoms with Crippen LogP contribution in [0, 0.1) is 11.8 Å². The molecule has 3 nitrogen and oxygen atoms in total. The highest BCUT2D eigenvalue weighted by molar-refractivity contribution is 5.58. The molecule has 0 saturated heterocycles. The van der Waals surface area contributed by atoms with E-state index in [2.05, 4.69) is 13.8 Å². The number of halogens is 10. The molecule has 424 valence electrons. The zero-order valence-corrected chi connectivity index (χ0v) is 45.5. The summed E-state index contributed by atoms with van der Waals surface area (Å²) in [5.74, 6) is -7.43. The number of ether oxygens (including phenoxy) is 3. The quantitative estimate of drug-likeness (QED) is 0.0634. The van der Waals surface area contributed by atoms with Gasteiger partial charge in [-0.1, -0.05) is 161 Å². The lowest BCUT2D eigenvalue weighted by Gasteiger charge is -2.30. The molecule has 2 aliphatic rings. The second-order valence-corrected chi connectivity index (χ2v) is 21.9. The summed E-state index contributed by atoms with van der Waals surface area (Å²) in [6.07, 6.45) is -4.11. The second kappa shape index (κ2) is 25.9. The third kappa shape index (κ3) is 14.3. The molecule has 2 saturated carbocycles. The van der Waals surface area contributed by atoms with E-state index in [4.69, 9.17) is 14.2 Å². The van der Waals surface area contributed by atoms with Crippen LogP contribution in [0.5, 0.6) is 11.5 Å². The highest BCUT2D eigenvalue weighted by atomic mass is 19.4. The van der Waals surface area contributed by atoms with E-state index < -0.39 is 83.0 Å². The van der Waals surface area contributed by atoms with Crippen LogP contribution in [0.4, 0.5) is 43.9 Å². The molecule has 2 fully saturated rings. The molecule has 0 heterocycles. The minimum absolute atomic E-state index is 0.137. The van der Waals surface area contributed by atoms with Crippen molar-refractivity contribution >= 4 is 0 Å². The predicted molar refractivity (Wildman–Crippen MR) is 291 cm³/mol. The van der Waals surface area contributed by atoms with Gasteiger partial charge in [-0.3, -0.25) is 0 Å². The Morgan fingerprint density at radius 2 is 0.772 bits per heavy atom. The van der Waals surface area contributed by atoms with Crippen LogP contribution < -0.4 is 4.74 Å². The van der Waals surface area contributed by atoms with Crippen LogP contribution in [0.3, 0.4) is 0 Å². The lowest BCUT2D eigenvalue weighted by Crippen LogP contribution is -2.33. The molecular formula is C66H72F10O3. The smallest absolute Gasteiger partial charge is 0.414 e. The molecule has 0 amide bonds. The Bertz CT molecular complexity index is 2670. The van der Waals surface area contributed by atoms with E-state index >= 15 is 17.6 Å². The predicted octanol–water partition coefficient (Wildman–Crippen LogP) is 19.3. The molecule has 79 heavy (non-hydrogen) atoms. The van der Waals surface area contributed by atoms with Gasteiger partial charge < -0.3 is 14.2 Å². The molecule has 6 aromatic carbocycles. The fourth-order valence-electron chi connectivity index (χ4n) is 12.4. The Labute approximate surface area is 459 Å². The lowest BCUT2D eigenvalue weighted by atomic mass is 9.77. The van der Waals surface area contributed by atoms with Crippen LogP contribution in [-0.4, -0.2) is 38.8 Å². The average molecular weight is 1100 g/mol. The van der Waals surface area contributed by atoms with Crippen molar-refractivity contribution in [2.75, 3.05) is 14.2 Å². The molecule has 0 radical (unpaired) electrons. The summed E-state index contributed by atoms with van der Waals surface area (Å²) in [7, 11) is 1.77. The second-order valence-electron chi connectivity index (χ2n) is 21.9. The Balaban J connectivity index is 1.31. The number of benzene rings is 6. The highest BCUT2D eigenvalue weighted by Gasteiger charge is 2.46. The van der Waals surface area contributed by atoms with Crippen molar-refractivity contribution in [3.8, 4) is 11.5 Å². The molecule has 0 aliphatic heterocycles. The summed E-state index contributed by atoms with van der Waals surface area (Å²) in [6, 6.07) is 32.7. The first kappa shape index (κ1) is 59.5. The van der Waals surface area contributed by atoms with Gasteiger partial charge in [-0.05, 0) is 145 Å². The third-order valence-electron chi connectivity index (χ3n) is 16.7. The minimum Gasteiger partial charge on any atom is -0.456 e. The van der Waals surface area contributed by atoms with Crippen LogP contribution in [0.1, 0.15) is 169 Å². The fourth-order valence-corrected chi connectivity index (χ4v) is 12.4. The summed E-state index contributed by atoms with van der Waals surface area (Å²) in [5.41, 5.74) is -0.405. The maximum atomic E-state index is 18.0. The molecule has 2 unspecified atom stereocenters. The summed E-state index contributed by atoms with van der Waals surface area (Å²) in [6.45, 7) is 4.35. The zero-order valence-electron chi connectivity index (χ0n) is 45.5. The molecule has 8 rings (SSSR count). The van der Waals surface area contributed by atoms with Crippen LogP contribution in [0.2, 0.25) is 0 Å². The molecular weight excluding hydrogens is 1030 g/mol. The van der Waals surface area contributed by atoms with E-state index in [0.29, 0.717) is 23.0 Å². The summed E-state index contributed by atoms with van der Waals surface area (Å²) < 4.78 is 176. The first-order valence-corrected chi connectivity index (χ1v) is 28.0. The normalized spacial score (nSPS) is 19.3. The van der Waals surface area contributed by atoms with Crippen molar-refractivity contribution in [1.29, 1.82) is 0 Å². The standard InChI is InChI=1S/C66H72F10O3/c1-5-13-43-19-27-47(28-20-43)49-31-23-45(24-32-49)39-55-51(41-59(77-3)65(71,72)73)35-37-57(61(55)63(67,68)53-15-9-7-10-16-53)79-58-38-36-52(42-60(78-4)66(74,75)76)56(62(58)64(69,70)54-17-11-8-12-18-54)40-46-25-33-50(34-26-46)48-29-21-44(14-6-2)22-30-48/h7-12,15-18,23-26,31-38,43-44,47-48,59-60H,5-6,13-14,19-22,27-30,39-42H2,1-4H3. The van der Waals surface area contributed by atoms with Crippen molar-refractivity contribution in [3.63, 3.8) is 0 Å². The maximum absolute atomic E-state index is 18.0. The van der Waals surface area contributed by atoms with Gasteiger partial charge in [0.15, 0.2) is 12.2 Å². The molecule has 0 aromatic heterocycles. The number of hydrogen-bond acceptors (Lipinski definition) is 3. The molecule has 2 atom stereocenters. The van der Waals surface area contributed by atoms with Crippen molar-refractivity contribution in [3.05, 3.63) is 200 Å². The van der Waals surface area contributed by atoms with Gasteiger partial charge in [-0.2, -0.15) is 43.9 Å². The van der Waals surface area contributed by atoms with Gasteiger partial charge in [0.1, 0.15) is 11.5 Å². The lowest BCUT2D eigenvalue weighted by molar-refractivity contribution is -0.212. The molecule has 0 bridgehead atoms. The maximum Gasteiger partial charge on any atom is 0.414 e. The number of methoxy groups -OCH3 is 2. The van der Waals surface area contributed by atoms with Gasteiger partial charge in [0, 0.05) is 38.2 Å². The van der Waals surface area contributed by atoms with E-state index in [0.717, 1.165) is 126 Å². The SMILES string of the molecule is CCCC1CCC(c2ccc(Cc3c(CC(OC)C(F)(F)F)ccc(Oc4ccc(CC(OC)C(F)(F)F)c(Cc5ccc(C6CCC(CCC)CC6)cc5)c4C(F)(F)c4ccccc4)c3C(F)(F)c3ccccc3)cc2)CC1. The molecule has 0 spiro atoms. The Kier molecular flexibility index (Phi) is 19.5. The van der Waals surface area contributed by atoms with Crippen molar-refractivity contribution in [1.82, 2.24) is 0 Å². The first-order chi connectivity index (χ1) is 37.7. The Morgan fingerprint density at radius 3 is 1.08 bits per heavy atom.